The van der Waals surface area contributed by atoms with Crippen molar-refractivity contribution >= 4 is 21.4 Å². The van der Waals surface area contributed by atoms with Gasteiger partial charge in [0, 0.05) is 11.8 Å². The summed E-state index contributed by atoms with van der Waals surface area (Å²) in [7, 11) is -1.75. The highest BCUT2D eigenvalue weighted by molar-refractivity contribution is 7.90. The van der Waals surface area contributed by atoms with Gasteiger partial charge in [-0.2, -0.15) is 4.80 Å². The highest BCUT2D eigenvalue weighted by Gasteiger charge is 2.12. The number of nitrogens with one attached hydrogen (secondary N) is 1. The lowest BCUT2D eigenvalue weighted by atomic mass is 10.2. The Morgan fingerprint density at radius 1 is 1.15 bits per heavy atom. The number of hydrogen-bond acceptors (Lipinski definition) is 7. The van der Waals surface area contributed by atoms with Crippen LogP contribution in [-0.2, 0) is 21.2 Å². The summed E-state index contributed by atoms with van der Waals surface area (Å²) < 4.78 is 28.2. The first kappa shape index (κ1) is 18.5. The molecule has 0 spiro atoms. The van der Waals surface area contributed by atoms with Gasteiger partial charge < -0.3 is 10.1 Å². The Balaban J connectivity index is 1.70. The molecule has 0 saturated carbocycles. The number of aromatic nitrogens is 4. The lowest BCUT2D eigenvalue weighted by Gasteiger charge is -2.09. The molecule has 10 heteroatoms. The van der Waals surface area contributed by atoms with E-state index in [1.54, 1.807) is 36.4 Å². The zero-order valence-corrected chi connectivity index (χ0v) is 15.5. The van der Waals surface area contributed by atoms with Gasteiger partial charge in [-0.3, -0.25) is 4.79 Å². The quantitative estimate of drug-likeness (QED) is 0.679. The SMILES string of the molecule is COc1ccccc1NC(=O)Cn1nnc(-c2ccc(S(C)(=O)=O)cc2)n1. The number of carbonyl (C=O) groups is 1. The average Bonchev–Trinajstić information content (AvgIpc) is 3.10. The molecule has 0 bridgehead atoms. The maximum Gasteiger partial charge on any atom is 0.248 e. The summed E-state index contributed by atoms with van der Waals surface area (Å²) in [5.41, 5.74) is 1.14. The molecule has 0 radical (unpaired) electrons. The number of para-hydroxylation sites is 2. The van der Waals surface area contributed by atoms with Crippen molar-refractivity contribution in [1.82, 2.24) is 20.2 Å². The maximum atomic E-state index is 12.2. The summed E-state index contributed by atoms with van der Waals surface area (Å²) >= 11 is 0. The number of sulfone groups is 1. The van der Waals surface area contributed by atoms with Crippen molar-refractivity contribution in [2.24, 2.45) is 0 Å². The van der Waals surface area contributed by atoms with Gasteiger partial charge in [0.25, 0.3) is 0 Å². The van der Waals surface area contributed by atoms with Crippen LogP contribution in [0.4, 0.5) is 5.69 Å². The van der Waals surface area contributed by atoms with Crippen LogP contribution in [0.25, 0.3) is 11.4 Å². The third-order valence-corrected chi connectivity index (χ3v) is 4.79. The number of methoxy groups -OCH3 is 1. The first-order chi connectivity index (χ1) is 12.9. The van der Waals surface area contributed by atoms with Crippen LogP contribution >= 0.6 is 0 Å². The van der Waals surface area contributed by atoms with Gasteiger partial charge in [0.2, 0.25) is 11.7 Å². The van der Waals surface area contributed by atoms with E-state index in [-0.39, 0.29) is 17.3 Å². The van der Waals surface area contributed by atoms with E-state index < -0.39 is 9.84 Å². The molecule has 0 atom stereocenters. The van der Waals surface area contributed by atoms with Crippen molar-refractivity contribution in [3.8, 4) is 17.1 Å². The second kappa shape index (κ2) is 7.54. The standard InChI is InChI=1S/C17H17N5O4S/c1-26-15-6-4-3-5-14(15)18-16(23)11-22-20-17(19-21-22)12-7-9-13(10-8-12)27(2,24)25/h3-10H,11H2,1-2H3,(H,18,23). The summed E-state index contributed by atoms with van der Waals surface area (Å²) in [5, 5.41) is 14.6. The third kappa shape index (κ3) is 4.47. The fourth-order valence-corrected chi connectivity index (χ4v) is 2.97. The van der Waals surface area contributed by atoms with Crippen molar-refractivity contribution in [3.05, 3.63) is 48.5 Å². The largest absolute Gasteiger partial charge is 0.495 e. The van der Waals surface area contributed by atoms with Gasteiger partial charge in [-0.05, 0) is 41.6 Å². The lowest BCUT2D eigenvalue weighted by Crippen LogP contribution is -2.20. The zero-order valence-electron chi connectivity index (χ0n) is 14.7. The number of carbonyl (C=O) groups excluding carboxylic acids is 1. The summed E-state index contributed by atoms with van der Waals surface area (Å²) in [6.07, 6.45) is 1.14. The molecule has 2 aromatic carbocycles. The molecule has 0 fully saturated rings. The monoisotopic (exact) mass is 387 g/mol. The van der Waals surface area contributed by atoms with Gasteiger partial charge in [0.05, 0.1) is 17.7 Å². The number of amides is 1. The number of hydrogen-bond donors (Lipinski definition) is 1. The molecule has 0 saturated heterocycles. The smallest absolute Gasteiger partial charge is 0.248 e. The molecular formula is C17H17N5O4S. The van der Waals surface area contributed by atoms with E-state index in [2.05, 4.69) is 20.7 Å². The van der Waals surface area contributed by atoms with Crippen molar-refractivity contribution in [2.75, 3.05) is 18.7 Å². The highest BCUT2D eigenvalue weighted by atomic mass is 32.2. The topological polar surface area (TPSA) is 116 Å². The minimum absolute atomic E-state index is 0.132. The molecule has 3 rings (SSSR count). The molecule has 140 valence electrons. The predicted octanol–water partition coefficient (Wildman–Crippen LogP) is 1.39. The zero-order chi connectivity index (χ0) is 19.4. The second-order valence-corrected chi connectivity index (χ2v) is 7.70. The van der Waals surface area contributed by atoms with Crippen LogP contribution in [0.3, 0.4) is 0 Å². The predicted molar refractivity (Wildman–Crippen MR) is 98.0 cm³/mol. The molecule has 0 aliphatic heterocycles. The summed E-state index contributed by atoms with van der Waals surface area (Å²) in [5.74, 6) is 0.500. The molecule has 27 heavy (non-hydrogen) atoms. The number of tetrazole rings is 1. The molecule has 1 amide bonds. The Morgan fingerprint density at radius 3 is 2.52 bits per heavy atom. The molecule has 3 aromatic rings. The number of benzene rings is 2. The molecular weight excluding hydrogens is 370 g/mol. The van der Waals surface area contributed by atoms with Crippen LogP contribution in [0.15, 0.2) is 53.4 Å². The Labute approximate surface area is 155 Å². The second-order valence-electron chi connectivity index (χ2n) is 5.69. The molecule has 1 N–H and O–H groups in total. The minimum atomic E-state index is -3.27. The summed E-state index contributed by atoms with van der Waals surface area (Å²) in [6.45, 7) is -0.132. The van der Waals surface area contributed by atoms with Gasteiger partial charge in [-0.1, -0.05) is 12.1 Å². The van der Waals surface area contributed by atoms with Crippen LogP contribution in [0.2, 0.25) is 0 Å². The minimum Gasteiger partial charge on any atom is -0.495 e. The van der Waals surface area contributed by atoms with Gasteiger partial charge in [0.15, 0.2) is 9.84 Å². The van der Waals surface area contributed by atoms with E-state index in [1.807, 2.05) is 0 Å². The van der Waals surface area contributed by atoms with Crippen molar-refractivity contribution < 1.29 is 17.9 Å². The molecule has 1 heterocycles. The normalized spacial score (nSPS) is 11.2. The lowest BCUT2D eigenvalue weighted by molar-refractivity contribution is -0.117. The number of ether oxygens (including phenoxy) is 1. The molecule has 0 aliphatic carbocycles. The van der Waals surface area contributed by atoms with E-state index in [1.165, 1.54) is 19.2 Å². The van der Waals surface area contributed by atoms with E-state index in [0.29, 0.717) is 22.8 Å². The van der Waals surface area contributed by atoms with E-state index in [0.717, 1.165) is 11.1 Å². The summed E-state index contributed by atoms with van der Waals surface area (Å²) in [6, 6.07) is 13.2. The van der Waals surface area contributed by atoms with Gasteiger partial charge in [0.1, 0.15) is 12.3 Å². The van der Waals surface area contributed by atoms with Crippen molar-refractivity contribution in [3.63, 3.8) is 0 Å². The Bertz CT molecular complexity index is 1060. The van der Waals surface area contributed by atoms with Crippen LogP contribution in [-0.4, -0.2) is 47.9 Å². The first-order valence-electron chi connectivity index (χ1n) is 7.88. The molecule has 1 aromatic heterocycles. The van der Waals surface area contributed by atoms with Gasteiger partial charge in [-0.25, -0.2) is 8.42 Å². The average molecular weight is 387 g/mol. The fraction of sp³-hybridized carbons (Fsp3) is 0.176. The van der Waals surface area contributed by atoms with E-state index >= 15 is 0 Å². The first-order valence-corrected chi connectivity index (χ1v) is 9.77. The Hall–Kier alpha value is -3.27. The van der Waals surface area contributed by atoms with Crippen molar-refractivity contribution in [2.45, 2.75) is 11.4 Å². The number of nitrogens with zero attached hydrogens (tertiary/aromatic N) is 4. The fourth-order valence-electron chi connectivity index (χ4n) is 2.34. The maximum absolute atomic E-state index is 12.2. The molecule has 0 unspecified atom stereocenters. The van der Waals surface area contributed by atoms with Crippen LogP contribution in [0, 0.1) is 0 Å². The third-order valence-electron chi connectivity index (χ3n) is 3.66. The van der Waals surface area contributed by atoms with Crippen LogP contribution in [0.1, 0.15) is 0 Å². The van der Waals surface area contributed by atoms with Gasteiger partial charge >= 0.3 is 0 Å². The van der Waals surface area contributed by atoms with Crippen molar-refractivity contribution in [1.29, 1.82) is 0 Å². The Kier molecular flexibility index (Phi) is 5.17. The van der Waals surface area contributed by atoms with Crippen LogP contribution < -0.4 is 10.1 Å². The summed E-state index contributed by atoms with van der Waals surface area (Å²) in [4.78, 5) is 13.5. The van der Waals surface area contributed by atoms with E-state index in [4.69, 9.17) is 4.74 Å². The number of anilines is 1. The highest BCUT2D eigenvalue weighted by Crippen LogP contribution is 2.23. The molecule has 0 aliphatic rings. The Morgan fingerprint density at radius 2 is 1.85 bits per heavy atom. The van der Waals surface area contributed by atoms with Crippen LogP contribution in [0.5, 0.6) is 5.75 Å². The van der Waals surface area contributed by atoms with E-state index in [9.17, 15) is 13.2 Å². The molecule has 9 nitrogen and oxygen atoms in total. The van der Waals surface area contributed by atoms with Gasteiger partial charge in [-0.15, -0.1) is 10.2 Å². The number of rotatable bonds is 6.